The van der Waals surface area contributed by atoms with E-state index in [0.717, 1.165) is 11.3 Å². The molecule has 1 heterocycles. The maximum Gasteiger partial charge on any atom is 0.162 e. The molecule has 0 fully saturated rings. The molecule has 2 rings (SSSR count). The number of thiol groups is 1. The molecule has 0 aliphatic rings. The van der Waals surface area contributed by atoms with Crippen LogP contribution in [-0.4, -0.2) is 9.97 Å². The summed E-state index contributed by atoms with van der Waals surface area (Å²) in [5.41, 5.74) is 2.03. The molecule has 0 saturated heterocycles. The third-order valence-corrected chi connectivity index (χ3v) is 2.60. The monoisotopic (exact) mass is 258 g/mol. The van der Waals surface area contributed by atoms with Gasteiger partial charge in [0.25, 0.3) is 0 Å². The maximum absolute atomic E-state index is 5.90. The van der Waals surface area contributed by atoms with Gasteiger partial charge in [-0.15, -0.1) is 12.6 Å². The Labute approximate surface area is 103 Å². The average molecular weight is 259 g/mol. The van der Waals surface area contributed by atoms with E-state index in [1.165, 1.54) is 0 Å². The van der Waals surface area contributed by atoms with Crippen molar-refractivity contribution in [2.45, 2.75) is 11.6 Å². The van der Waals surface area contributed by atoms with Gasteiger partial charge in [-0.2, -0.15) is 0 Å². The molecular formula is C10H8Cl2N2S. The van der Waals surface area contributed by atoms with Crippen LogP contribution in [-0.2, 0) is 6.42 Å². The number of rotatable bonds is 2. The van der Waals surface area contributed by atoms with Gasteiger partial charge in [-0.25, -0.2) is 4.98 Å². The second kappa shape index (κ2) is 4.47. The molecule has 1 aromatic heterocycles. The van der Waals surface area contributed by atoms with Crippen LogP contribution in [0.5, 0.6) is 0 Å². The molecule has 0 aliphatic carbocycles. The van der Waals surface area contributed by atoms with Gasteiger partial charge < -0.3 is 4.98 Å². The van der Waals surface area contributed by atoms with Crippen molar-refractivity contribution < 1.29 is 0 Å². The number of aromatic amines is 1. The standard InChI is InChI=1S/C10H8Cl2N2S/c11-7-1-6(2-8(12)4-7)3-9-5-13-10(15)14-9/h1-2,4-5H,3H2,(H2,13,14,15). The molecule has 0 radical (unpaired) electrons. The van der Waals surface area contributed by atoms with Crippen molar-refractivity contribution >= 4 is 35.8 Å². The van der Waals surface area contributed by atoms with Gasteiger partial charge in [-0.1, -0.05) is 23.2 Å². The minimum absolute atomic E-state index is 0.609. The Balaban J connectivity index is 2.24. The van der Waals surface area contributed by atoms with Gasteiger partial charge in [-0.05, 0) is 23.8 Å². The van der Waals surface area contributed by atoms with Gasteiger partial charge in [-0.3, -0.25) is 0 Å². The summed E-state index contributed by atoms with van der Waals surface area (Å²) < 4.78 is 0. The SMILES string of the molecule is Sc1ncc(Cc2cc(Cl)cc(Cl)c2)[nH]1. The number of halogens is 2. The van der Waals surface area contributed by atoms with Crippen molar-refractivity contribution in [2.24, 2.45) is 0 Å². The van der Waals surface area contributed by atoms with Gasteiger partial charge in [0, 0.05) is 28.4 Å². The molecule has 0 atom stereocenters. The molecular weight excluding hydrogens is 251 g/mol. The summed E-state index contributed by atoms with van der Waals surface area (Å²) >= 11 is 15.9. The minimum atomic E-state index is 0.609. The highest BCUT2D eigenvalue weighted by Crippen LogP contribution is 2.20. The van der Waals surface area contributed by atoms with Gasteiger partial charge in [0.1, 0.15) is 0 Å². The molecule has 15 heavy (non-hydrogen) atoms. The Morgan fingerprint density at radius 2 is 1.87 bits per heavy atom. The van der Waals surface area contributed by atoms with Gasteiger partial charge in [0.2, 0.25) is 0 Å². The number of benzene rings is 1. The molecule has 0 amide bonds. The lowest BCUT2D eigenvalue weighted by Gasteiger charge is -2.01. The summed E-state index contributed by atoms with van der Waals surface area (Å²) in [6, 6.07) is 5.47. The Morgan fingerprint density at radius 1 is 1.20 bits per heavy atom. The molecule has 5 heteroatoms. The number of nitrogens with zero attached hydrogens (tertiary/aromatic N) is 1. The van der Waals surface area contributed by atoms with Crippen molar-refractivity contribution in [3.8, 4) is 0 Å². The molecule has 1 aromatic carbocycles. The second-order valence-electron chi connectivity index (χ2n) is 3.19. The summed E-state index contributed by atoms with van der Waals surface area (Å²) in [4.78, 5) is 7.03. The molecule has 0 bridgehead atoms. The molecule has 0 saturated carbocycles. The second-order valence-corrected chi connectivity index (χ2v) is 4.48. The normalized spacial score (nSPS) is 10.6. The van der Waals surface area contributed by atoms with Crippen LogP contribution < -0.4 is 0 Å². The molecule has 0 unspecified atom stereocenters. The van der Waals surface area contributed by atoms with Crippen molar-refractivity contribution in [2.75, 3.05) is 0 Å². The van der Waals surface area contributed by atoms with E-state index >= 15 is 0 Å². The van der Waals surface area contributed by atoms with Crippen LogP contribution in [0.4, 0.5) is 0 Å². The Morgan fingerprint density at radius 3 is 2.40 bits per heavy atom. The lowest BCUT2D eigenvalue weighted by atomic mass is 10.1. The maximum atomic E-state index is 5.90. The Hall–Kier alpha value is -0.640. The van der Waals surface area contributed by atoms with E-state index in [1.807, 2.05) is 12.1 Å². The van der Waals surface area contributed by atoms with E-state index in [1.54, 1.807) is 12.3 Å². The molecule has 2 aromatic rings. The van der Waals surface area contributed by atoms with Crippen molar-refractivity contribution in [3.05, 3.63) is 45.7 Å². The van der Waals surface area contributed by atoms with Crippen molar-refractivity contribution in [1.29, 1.82) is 0 Å². The average Bonchev–Trinajstić information content (AvgIpc) is 2.49. The highest BCUT2D eigenvalue weighted by atomic mass is 35.5. The first kappa shape index (κ1) is 10.9. The summed E-state index contributed by atoms with van der Waals surface area (Å²) in [5.74, 6) is 0. The number of aromatic nitrogens is 2. The smallest absolute Gasteiger partial charge is 0.162 e. The number of H-pyrrole nitrogens is 1. The van der Waals surface area contributed by atoms with Crippen molar-refractivity contribution in [1.82, 2.24) is 9.97 Å². The first-order valence-corrected chi connectivity index (χ1v) is 5.51. The zero-order valence-corrected chi connectivity index (χ0v) is 10.1. The summed E-state index contributed by atoms with van der Waals surface area (Å²) in [7, 11) is 0. The van der Waals surface area contributed by atoms with E-state index in [0.29, 0.717) is 21.6 Å². The molecule has 0 aliphatic heterocycles. The third kappa shape index (κ3) is 2.91. The lowest BCUT2D eigenvalue weighted by Crippen LogP contribution is -1.88. The highest BCUT2D eigenvalue weighted by molar-refractivity contribution is 7.80. The first-order valence-electron chi connectivity index (χ1n) is 4.31. The fraction of sp³-hybridized carbons (Fsp3) is 0.100. The Kier molecular flexibility index (Phi) is 3.24. The van der Waals surface area contributed by atoms with Crippen LogP contribution in [0.3, 0.4) is 0 Å². The van der Waals surface area contributed by atoms with E-state index in [2.05, 4.69) is 22.6 Å². The third-order valence-electron chi connectivity index (χ3n) is 1.93. The largest absolute Gasteiger partial charge is 0.337 e. The number of nitrogens with one attached hydrogen (secondary N) is 1. The van der Waals surface area contributed by atoms with E-state index in [9.17, 15) is 0 Å². The Bertz CT molecular complexity index is 462. The molecule has 0 spiro atoms. The van der Waals surface area contributed by atoms with Gasteiger partial charge >= 0.3 is 0 Å². The summed E-state index contributed by atoms with van der Waals surface area (Å²) in [5, 5.41) is 1.89. The topological polar surface area (TPSA) is 28.7 Å². The molecule has 1 N–H and O–H groups in total. The van der Waals surface area contributed by atoms with Crippen molar-refractivity contribution in [3.63, 3.8) is 0 Å². The van der Waals surface area contributed by atoms with E-state index in [4.69, 9.17) is 23.2 Å². The molecule has 2 nitrogen and oxygen atoms in total. The van der Waals surface area contributed by atoms with Crippen LogP contribution in [0.2, 0.25) is 10.0 Å². The number of imidazole rings is 1. The first-order chi connectivity index (χ1) is 7.13. The predicted octanol–water partition coefficient (Wildman–Crippen LogP) is 3.60. The van der Waals surface area contributed by atoms with Crippen LogP contribution in [0.15, 0.2) is 29.6 Å². The highest BCUT2D eigenvalue weighted by Gasteiger charge is 2.02. The van der Waals surface area contributed by atoms with Gasteiger partial charge in [0.15, 0.2) is 5.16 Å². The van der Waals surface area contributed by atoms with Crippen LogP contribution in [0.25, 0.3) is 0 Å². The predicted molar refractivity (Wildman–Crippen MR) is 65.1 cm³/mol. The van der Waals surface area contributed by atoms with Gasteiger partial charge in [0.05, 0.1) is 0 Å². The zero-order chi connectivity index (χ0) is 10.8. The zero-order valence-electron chi connectivity index (χ0n) is 7.67. The lowest BCUT2D eigenvalue weighted by molar-refractivity contribution is 1.02. The van der Waals surface area contributed by atoms with Crippen LogP contribution in [0.1, 0.15) is 11.3 Å². The minimum Gasteiger partial charge on any atom is -0.337 e. The van der Waals surface area contributed by atoms with E-state index in [-0.39, 0.29) is 0 Å². The summed E-state index contributed by atoms with van der Waals surface area (Å²) in [6.45, 7) is 0. The fourth-order valence-corrected chi connectivity index (χ4v) is 2.14. The van der Waals surface area contributed by atoms with E-state index < -0.39 is 0 Å². The van der Waals surface area contributed by atoms with Crippen LogP contribution >= 0.6 is 35.8 Å². The molecule has 78 valence electrons. The number of hydrogen-bond donors (Lipinski definition) is 2. The quantitative estimate of drug-likeness (QED) is 0.792. The number of hydrogen-bond acceptors (Lipinski definition) is 2. The summed E-state index contributed by atoms with van der Waals surface area (Å²) in [6.07, 6.45) is 2.46. The van der Waals surface area contributed by atoms with Crippen LogP contribution in [0, 0.1) is 0 Å². The fourth-order valence-electron chi connectivity index (χ4n) is 1.37.